The molecule has 22 heavy (non-hydrogen) atoms. The van der Waals surface area contributed by atoms with Crippen molar-refractivity contribution >= 4 is 5.97 Å². The Hall–Kier alpha value is -1.59. The third kappa shape index (κ3) is 5.31. The Labute approximate surface area is 131 Å². The lowest BCUT2D eigenvalue weighted by atomic mass is 9.98. The second-order valence-electron chi connectivity index (χ2n) is 5.63. The fraction of sp³-hybridized carbons (Fsp3) is 0.588. The maximum Gasteiger partial charge on any atom is 0.310 e. The minimum absolute atomic E-state index is 0.0732. The van der Waals surface area contributed by atoms with Gasteiger partial charge in [-0.25, -0.2) is 0 Å². The highest BCUT2D eigenvalue weighted by Gasteiger charge is 2.27. The Morgan fingerprint density at radius 2 is 2.18 bits per heavy atom. The van der Waals surface area contributed by atoms with Crippen LogP contribution in [-0.4, -0.2) is 54.9 Å². The first-order chi connectivity index (χ1) is 10.7. The molecule has 1 saturated heterocycles. The van der Waals surface area contributed by atoms with E-state index in [1.165, 1.54) is 0 Å². The van der Waals surface area contributed by atoms with Crippen molar-refractivity contribution in [1.82, 2.24) is 4.90 Å². The summed E-state index contributed by atoms with van der Waals surface area (Å²) in [7, 11) is 0. The van der Waals surface area contributed by atoms with Crippen molar-refractivity contribution in [3.8, 4) is 5.75 Å². The van der Waals surface area contributed by atoms with Crippen molar-refractivity contribution in [2.75, 3.05) is 32.8 Å². The van der Waals surface area contributed by atoms with Crippen LogP contribution < -0.4 is 4.74 Å². The number of likely N-dealkylation sites (tertiary alicyclic amines) is 1. The molecule has 1 aliphatic rings. The molecular formula is C17H25NO4. The fourth-order valence-electron chi connectivity index (χ4n) is 2.73. The smallest absolute Gasteiger partial charge is 0.310 e. The van der Waals surface area contributed by atoms with E-state index in [0.29, 0.717) is 19.7 Å². The SMILES string of the molecule is CCOC(=O)[C@H]1CCCN(C[C@@H](O)COc2ccccc2)C1. The van der Waals surface area contributed by atoms with Gasteiger partial charge < -0.3 is 14.6 Å². The zero-order valence-electron chi connectivity index (χ0n) is 13.1. The third-order valence-electron chi connectivity index (χ3n) is 3.78. The maximum absolute atomic E-state index is 11.8. The van der Waals surface area contributed by atoms with Crippen LogP contribution in [0, 0.1) is 5.92 Å². The molecule has 1 N–H and O–H groups in total. The van der Waals surface area contributed by atoms with Gasteiger partial charge in [0.05, 0.1) is 12.5 Å². The number of hydrogen-bond acceptors (Lipinski definition) is 5. The number of piperidine rings is 1. The molecule has 0 radical (unpaired) electrons. The summed E-state index contributed by atoms with van der Waals surface area (Å²) in [5.74, 6) is 0.558. The van der Waals surface area contributed by atoms with Crippen LogP contribution in [0.25, 0.3) is 0 Å². The van der Waals surface area contributed by atoms with Crippen molar-refractivity contribution in [1.29, 1.82) is 0 Å². The minimum atomic E-state index is -0.568. The number of carbonyl (C=O) groups excluding carboxylic acids is 1. The number of hydrogen-bond donors (Lipinski definition) is 1. The van der Waals surface area contributed by atoms with Gasteiger partial charge >= 0.3 is 5.97 Å². The van der Waals surface area contributed by atoms with E-state index in [1.54, 1.807) is 0 Å². The van der Waals surface area contributed by atoms with E-state index in [2.05, 4.69) is 4.90 Å². The summed E-state index contributed by atoms with van der Waals surface area (Å²) in [4.78, 5) is 13.9. The van der Waals surface area contributed by atoms with Crippen molar-refractivity contribution in [2.24, 2.45) is 5.92 Å². The number of aliphatic hydroxyl groups excluding tert-OH is 1. The van der Waals surface area contributed by atoms with Crippen LogP contribution in [0.15, 0.2) is 30.3 Å². The summed E-state index contributed by atoms with van der Waals surface area (Å²) in [6.45, 7) is 4.57. The van der Waals surface area contributed by atoms with Gasteiger partial charge in [0, 0.05) is 13.1 Å². The number of esters is 1. The van der Waals surface area contributed by atoms with Crippen molar-refractivity contribution in [2.45, 2.75) is 25.9 Å². The van der Waals surface area contributed by atoms with E-state index in [-0.39, 0.29) is 18.5 Å². The Morgan fingerprint density at radius 3 is 2.91 bits per heavy atom. The van der Waals surface area contributed by atoms with Gasteiger partial charge in [0.1, 0.15) is 18.5 Å². The van der Waals surface area contributed by atoms with Gasteiger partial charge in [-0.3, -0.25) is 9.69 Å². The normalized spacial score (nSPS) is 20.4. The second kappa shape index (κ2) is 8.76. The molecule has 0 aliphatic carbocycles. The third-order valence-corrected chi connectivity index (χ3v) is 3.78. The summed E-state index contributed by atoms with van der Waals surface area (Å²) >= 11 is 0. The van der Waals surface area contributed by atoms with E-state index in [0.717, 1.165) is 25.1 Å². The fourth-order valence-corrected chi connectivity index (χ4v) is 2.73. The number of carbonyl (C=O) groups is 1. The Bertz CT molecular complexity index is 451. The van der Waals surface area contributed by atoms with Gasteiger partial charge in [0.25, 0.3) is 0 Å². The first-order valence-corrected chi connectivity index (χ1v) is 7.94. The number of aliphatic hydroxyl groups is 1. The number of ether oxygens (including phenoxy) is 2. The van der Waals surface area contributed by atoms with E-state index in [4.69, 9.17) is 9.47 Å². The molecule has 1 aromatic rings. The molecule has 5 nitrogen and oxygen atoms in total. The lowest BCUT2D eigenvalue weighted by molar-refractivity contribution is -0.150. The topological polar surface area (TPSA) is 59.0 Å². The van der Waals surface area contributed by atoms with Gasteiger partial charge in [0.2, 0.25) is 0 Å². The minimum Gasteiger partial charge on any atom is -0.491 e. The quantitative estimate of drug-likeness (QED) is 0.777. The number of benzene rings is 1. The van der Waals surface area contributed by atoms with E-state index in [1.807, 2.05) is 37.3 Å². The largest absolute Gasteiger partial charge is 0.491 e. The van der Waals surface area contributed by atoms with E-state index < -0.39 is 6.10 Å². The predicted molar refractivity (Wildman–Crippen MR) is 83.7 cm³/mol. The number of para-hydroxylation sites is 1. The van der Waals surface area contributed by atoms with Gasteiger partial charge in [-0.05, 0) is 38.4 Å². The highest BCUT2D eigenvalue weighted by Crippen LogP contribution is 2.18. The number of β-amino-alcohol motifs (C(OH)–C–C–N with tert-alkyl or cyclic N) is 1. The molecular weight excluding hydrogens is 282 g/mol. The number of rotatable bonds is 7. The molecule has 2 atom stereocenters. The van der Waals surface area contributed by atoms with Crippen LogP contribution >= 0.6 is 0 Å². The summed E-state index contributed by atoms with van der Waals surface area (Å²) in [5.41, 5.74) is 0. The van der Waals surface area contributed by atoms with Crippen molar-refractivity contribution in [3.05, 3.63) is 30.3 Å². The van der Waals surface area contributed by atoms with Gasteiger partial charge in [0.15, 0.2) is 0 Å². The summed E-state index contributed by atoms with van der Waals surface area (Å²) in [6, 6.07) is 9.45. The monoisotopic (exact) mass is 307 g/mol. The standard InChI is InChI=1S/C17H25NO4/c1-2-21-17(20)14-7-6-10-18(11-14)12-15(19)13-22-16-8-4-3-5-9-16/h3-5,8-9,14-15,19H,2,6-7,10-13H2,1H3/t14-,15+/m0/s1. The Kier molecular flexibility index (Phi) is 6.68. The predicted octanol–water partition coefficient (Wildman–Crippen LogP) is 1.70. The first kappa shape index (κ1) is 16.8. The first-order valence-electron chi connectivity index (χ1n) is 7.94. The molecule has 0 saturated carbocycles. The molecule has 0 amide bonds. The van der Waals surface area contributed by atoms with E-state index in [9.17, 15) is 9.90 Å². The van der Waals surface area contributed by atoms with Gasteiger partial charge in [-0.15, -0.1) is 0 Å². The molecule has 1 heterocycles. The average Bonchev–Trinajstić information content (AvgIpc) is 2.54. The Balaban J connectivity index is 1.73. The van der Waals surface area contributed by atoms with Gasteiger partial charge in [-0.1, -0.05) is 18.2 Å². The van der Waals surface area contributed by atoms with Crippen molar-refractivity contribution in [3.63, 3.8) is 0 Å². The van der Waals surface area contributed by atoms with Crippen molar-refractivity contribution < 1.29 is 19.4 Å². The Morgan fingerprint density at radius 1 is 1.41 bits per heavy atom. The summed E-state index contributed by atoms with van der Waals surface area (Å²) in [6.07, 6.45) is 1.25. The summed E-state index contributed by atoms with van der Waals surface area (Å²) < 4.78 is 10.6. The second-order valence-corrected chi connectivity index (χ2v) is 5.63. The molecule has 5 heteroatoms. The van der Waals surface area contributed by atoms with Crippen LogP contribution in [0.1, 0.15) is 19.8 Å². The molecule has 0 unspecified atom stereocenters. The van der Waals surface area contributed by atoms with Crippen LogP contribution in [0.4, 0.5) is 0 Å². The number of nitrogens with zero attached hydrogens (tertiary/aromatic N) is 1. The molecule has 0 bridgehead atoms. The lowest BCUT2D eigenvalue weighted by Gasteiger charge is -2.32. The van der Waals surface area contributed by atoms with Crippen LogP contribution in [0.3, 0.4) is 0 Å². The molecule has 0 spiro atoms. The molecule has 2 rings (SSSR count). The molecule has 1 fully saturated rings. The van der Waals surface area contributed by atoms with Crippen LogP contribution in [-0.2, 0) is 9.53 Å². The molecule has 1 aliphatic heterocycles. The zero-order chi connectivity index (χ0) is 15.8. The van der Waals surface area contributed by atoms with E-state index >= 15 is 0 Å². The molecule has 122 valence electrons. The average molecular weight is 307 g/mol. The molecule has 1 aromatic carbocycles. The zero-order valence-corrected chi connectivity index (χ0v) is 13.1. The maximum atomic E-state index is 11.8. The highest BCUT2D eigenvalue weighted by atomic mass is 16.5. The summed E-state index contributed by atoms with van der Waals surface area (Å²) in [5, 5.41) is 10.1. The van der Waals surface area contributed by atoms with Gasteiger partial charge in [-0.2, -0.15) is 0 Å². The van der Waals surface area contributed by atoms with Crippen LogP contribution in [0.5, 0.6) is 5.75 Å². The highest BCUT2D eigenvalue weighted by molar-refractivity contribution is 5.72. The van der Waals surface area contributed by atoms with Crippen LogP contribution in [0.2, 0.25) is 0 Å². The molecule has 0 aromatic heterocycles. The lowest BCUT2D eigenvalue weighted by Crippen LogP contribution is -2.44.